The van der Waals surface area contributed by atoms with E-state index in [1.54, 1.807) is 12.1 Å². The van der Waals surface area contributed by atoms with Crippen molar-refractivity contribution in [1.82, 2.24) is 4.90 Å². The molecule has 1 aliphatic heterocycles. The third kappa shape index (κ3) is 7.86. The first-order valence-electron chi connectivity index (χ1n) is 18.7. The number of aliphatic hydroxyl groups excluding tert-OH is 2. The van der Waals surface area contributed by atoms with E-state index in [0.29, 0.717) is 22.5 Å². The topological polar surface area (TPSA) is 134 Å². The molecular formula is C45H49NO8Si. The third-order valence-electron chi connectivity index (χ3n) is 11.0. The quantitative estimate of drug-likeness (QED) is 0.0662. The lowest BCUT2D eigenvalue weighted by molar-refractivity contribution is -0.137. The number of aromatic hydroxyl groups is 1. The molecule has 1 saturated heterocycles. The number of carbonyl (C=O) groups is 3. The first kappa shape index (κ1) is 39.6. The van der Waals surface area contributed by atoms with Gasteiger partial charge in [0.05, 0.1) is 38.3 Å². The number of likely N-dealkylation sites (tertiary alicyclic amines) is 1. The van der Waals surface area contributed by atoms with E-state index >= 15 is 0 Å². The summed E-state index contributed by atoms with van der Waals surface area (Å²) in [6.45, 7) is 5.99. The van der Waals surface area contributed by atoms with Gasteiger partial charge in [0.1, 0.15) is 5.75 Å². The first-order valence-corrected chi connectivity index (χ1v) is 20.6. The summed E-state index contributed by atoms with van der Waals surface area (Å²) < 4.78 is 12.1. The number of hydrogen-bond donors (Lipinski definition) is 3. The van der Waals surface area contributed by atoms with E-state index in [4.69, 9.17) is 9.16 Å². The third-order valence-corrected chi connectivity index (χ3v) is 16.0. The van der Waals surface area contributed by atoms with E-state index < -0.39 is 56.7 Å². The maximum atomic E-state index is 13.8. The number of carbonyl (C=O) groups excluding carboxylic acids is 3. The second kappa shape index (κ2) is 16.7. The lowest BCUT2D eigenvalue weighted by Crippen LogP contribution is -2.66. The fourth-order valence-electron chi connectivity index (χ4n) is 8.49. The standard InChI is InChI=1S/C45H49NO8Si/c1-45(2,3)55(35-16-10-6-11-17-35,36-18-12-7-13-19-36)54-29-33-27-37-41(43(51)46(42(37)50)44(52)53-4)38(28-47)40(33)39(49)25-22-32(31-14-8-5-9-15-31)26-30-20-23-34(48)24-21-30/h5-21,23-24,26,37-39,41,47-49H,22,25,27-29H2,1-4H3/b32-26-/t37-,38+,39-,41-/m1/s1. The maximum Gasteiger partial charge on any atom is 0.423 e. The molecule has 4 aromatic carbocycles. The van der Waals surface area contributed by atoms with Gasteiger partial charge in [-0.1, -0.05) is 130 Å². The van der Waals surface area contributed by atoms with E-state index in [0.717, 1.165) is 34.2 Å². The fourth-order valence-corrected chi connectivity index (χ4v) is 13.0. The molecule has 9 nitrogen and oxygen atoms in total. The molecule has 4 aromatic rings. The minimum atomic E-state index is -3.10. The normalized spacial score (nSPS) is 19.7. The van der Waals surface area contributed by atoms with Crippen LogP contribution in [0.15, 0.2) is 126 Å². The zero-order valence-corrected chi connectivity index (χ0v) is 32.7. The van der Waals surface area contributed by atoms with Gasteiger partial charge in [-0.15, -0.1) is 0 Å². The molecule has 0 spiro atoms. The molecule has 1 aliphatic carbocycles. The number of fused-ring (bicyclic) bond motifs is 1. The van der Waals surface area contributed by atoms with Crippen LogP contribution in [0.3, 0.4) is 0 Å². The van der Waals surface area contributed by atoms with Gasteiger partial charge in [0, 0.05) is 5.92 Å². The van der Waals surface area contributed by atoms with Crippen molar-refractivity contribution in [2.45, 2.75) is 51.2 Å². The summed E-state index contributed by atoms with van der Waals surface area (Å²) in [5.41, 5.74) is 3.87. The molecule has 10 heteroatoms. The van der Waals surface area contributed by atoms with E-state index in [-0.39, 0.29) is 30.2 Å². The summed E-state index contributed by atoms with van der Waals surface area (Å²) in [6.07, 6.45) is 0.535. The molecule has 3 N–H and O–H groups in total. The molecular weight excluding hydrogens is 711 g/mol. The summed E-state index contributed by atoms with van der Waals surface area (Å²) in [6, 6.07) is 36.9. The maximum absolute atomic E-state index is 13.8. The summed E-state index contributed by atoms with van der Waals surface area (Å²) in [4.78, 5) is 40.9. The molecule has 6 rings (SSSR count). The number of aliphatic hydroxyl groups is 2. The van der Waals surface area contributed by atoms with E-state index in [1.165, 1.54) is 0 Å². The predicted octanol–water partition coefficient (Wildman–Crippen LogP) is 6.33. The van der Waals surface area contributed by atoms with E-state index in [1.807, 2.05) is 84.9 Å². The van der Waals surface area contributed by atoms with Crippen LogP contribution in [0.25, 0.3) is 11.6 Å². The summed E-state index contributed by atoms with van der Waals surface area (Å²) in [5.74, 6) is -4.20. The number of hydrogen-bond acceptors (Lipinski definition) is 8. The van der Waals surface area contributed by atoms with Gasteiger partial charge in [-0.25, -0.2) is 4.79 Å². The van der Waals surface area contributed by atoms with Crippen molar-refractivity contribution in [3.8, 4) is 5.75 Å². The van der Waals surface area contributed by atoms with Crippen molar-refractivity contribution in [2.75, 3.05) is 20.3 Å². The average Bonchev–Trinajstić information content (AvgIpc) is 3.45. The van der Waals surface area contributed by atoms with Crippen LogP contribution in [0, 0.1) is 17.8 Å². The van der Waals surface area contributed by atoms with Crippen LogP contribution in [-0.2, 0) is 18.8 Å². The molecule has 2 aliphatic rings. The molecule has 1 heterocycles. The highest BCUT2D eigenvalue weighted by molar-refractivity contribution is 6.99. The fraction of sp³-hybridized carbons (Fsp3) is 0.311. The molecule has 0 unspecified atom stereocenters. The van der Waals surface area contributed by atoms with Gasteiger partial charge in [0.25, 0.3) is 8.32 Å². The molecule has 4 atom stereocenters. The Bertz CT molecular complexity index is 2000. The number of benzene rings is 4. The van der Waals surface area contributed by atoms with Crippen molar-refractivity contribution in [1.29, 1.82) is 0 Å². The van der Waals surface area contributed by atoms with Crippen molar-refractivity contribution in [3.05, 3.63) is 138 Å². The number of nitrogens with zero attached hydrogens (tertiary/aromatic N) is 1. The molecule has 0 bridgehead atoms. The average molecular weight is 760 g/mol. The molecule has 0 saturated carbocycles. The largest absolute Gasteiger partial charge is 0.508 e. The van der Waals surface area contributed by atoms with E-state index in [2.05, 4.69) is 45.0 Å². The van der Waals surface area contributed by atoms with Crippen LogP contribution < -0.4 is 10.4 Å². The summed E-state index contributed by atoms with van der Waals surface area (Å²) in [5, 5.41) is 34.9. The minimum absolute atomic E-state index is 0.0357. The molecule has 55 heavy (non-hydrogen) atoms. The summed E-state index contributed by atoms with van der Waals surface area (Å²) in [7, 11) is -1.99. The number of allylic oxidation sites excluding steroid dienone is 1. The highest BCUT2D eigenvalue weighted by Crippen LogP contribution is 2.47. The Balaban J connectivity index is 1.44. The van der Waals surface area contributed by atoms with Gasteiger partial charge in [0.15, 0.2) is 0 Å². The Hall–Kier alpha value is -5.13. The monoisotopic (exact) mass is 759 g/mol. The van der Waals surface area contributed by atoms with Crippen molar-refractivity contribution < 1.29 is 38.9 Å². The van der Waals surface area contributed by atoms with E-state index in [9.17, 15) is 29.7 Å². The Kier molecular flexibility index (Phi) is 12.0. The first-order chi connectivity index (χ1) is 26.4. The molecule has 286 valence electrons. The van der Waals surface area contributed by atoms with Crippen LogP contribution in [0.2, 0.25) is 5.04 Å². The Morgan fingerprint density at radius 1 is 0.873 bits per heavy atom. The SMILES string of the molecule is COC(=O)N1C(=O)[C@@H]2[C@@H](CC(CO[Si](c3ccccc3)(c3ccccc3)C(C)(C)C)=C([C@H](O)CC/C(=C/c3ccc(O)cc3)c3ccccc3)[C@@H]2CO)C1=O. The smallest absolute Gasteiger partial charge is 0.423 e. The van der Waals surface area contributed by atoms with Gasteiger partial charge in [-0.2, -0.15) is 4.90 Å². The number of amides is 3. The van der Waals surface area contributed by atoms with Gasteiger partial charge in [0.2, 0.25) is 11.8 Å². The van der Waals surface area contributed by atoms with Gasteiger partial charge in [-0.05, 0) is 74.7 Å². The lowest BCUT2D eigenvalue weighted by atomic mass is 9.68. The summed E-state index contributed by atoms with van der Waals surface area (Å²) >= 11 is 0. The molecule has 0 aromatic heterocycles. The Morgan fingerprint density at radius 3 is 1.96 bits per heavy atom. The second-order valence-corrected chi connectivity index (χ2v) is 19.6. The van der Waals surface area contributed by atoms with Gasteiger partial charge < -0.3 is 24.5 Å². The highest BCUT2D eigenvalue weighted by Gasteiger charge is 2.58. The van der Waals surface area contributed by atoms with Crippen LogP contribution >= 0.6 is 0 Å². The van der Waals surface area contributed by atoms with Crippen LogP contribution in [0.4, 0.5) is 4.79 Å². The Labute approximate surface area is 323 Å². The lowest BCUT2D eigenvalue weighted by Gasteiger charge is -2.44. The van der Waals surface area contributed by atoms with Crippen LogP contribution in [0.5, 0.6) is 5.75 Å². The number of phenols is 1. The predicted molar refractivity (Wildman–Crippen MR) is 215 cm³/mol. The molecule has 3 amide bonds. The van der Waals surface area contributed by atoms with Gasteiger partial charge in [-0.3, -0.25) is 9.59 Å². The molecule has 1 fully saturated rings. The minimum Gasteiger partial charge on any atom is -0.508 e. The van der Waals surface area contributed by atoms with Crippen LogP contribution in [-0.4, -0.2) is 72.9 Å². The van der Waals surface area contributed by atoms with Crippen molar-refractivity contribution in [2.24, 2.45) is 17.8 Å². The highest BCUT2D eigenvalue weighted by atomic mass is 28.4. The van der Waals surface area contributed by atoms with Gasteiger partial charge >= 0.3 is 6.09 Å². The van der Waals surface area contributed by atoms with Crippen molar-refractivity contribution in [3.63, 3.8) is 0 Å². The zero-order chi connectivity index (χ0) is 39.3. The second-order valence-electron chi connectivity index (χ2n) is 15.3. The molecule has 0 radical (unpaired) electrons. The number of imide groups is 3. The number of methoxy groups -OCH3 is 1. The van der Waals surface area contributed by atoms with Crippen LogP contribution in [0.1, 0.15) is 51.2 Å². The number of phenolic OH excluding ortho intramolecular Hbond substituents is 1. The van der Waals surface area contributed by atoms with Crippen molar-refractivity contribution >= 4 is 48.2 Å². The number of ether oxygens (including phenoxy) is 1. The zero-order valence-electron chi connectivity index (χ0n) is 31.7. The Morgan fingerprint density at radius 2 is 1.44 bits per heavy atom. The number of rotatable bonds is 12.